The fourth-order valence-electron chi connectivity index (χ4n) is 1.74. The summed E-state index contributed by atoms with van der Waals surface area (Å²) in [5, 5.41) is 9.96. The average Bonchev–Trinajstić information content (AvgIpc) is 2.68. The molecule has 4 nitrogen and oxygen atoms in total. The second-order valence-corrected chi connectivity index (χ2v) is 6.08. The van der Waals surface area contributed by atoms with Crippen LogP contribution in [0.2, 0.25) is 5.02 Å². The molecule has 2 atom stereocenters. The van der Waals surface area contributed by atoms with Crippen molar-refractivity contribution >= 4 is 23.4 Å². The van der Waals surface area contributed by atoms with Crippen LogP contribution in [0, 0.1) is 6.92 Å². The summed E-state index contributed by atoms with van der Waals surface area (Å²) in [5.74, 6) is 0.891. The van der Waals surface area contributed by atoms with Gasteiger partial charge in [-0.1, -0.05) is 35.5 Å². The van der Waals surface area contributed by atoms with Gasteiger partial charge in [-0.25, -0.2) is 0 Å². The van der Waals surface area contributed by atoms with Crippen molar-refractivity contribution in [2.24, 2.45) is 12.8 Å². The number of hydrogen-bond acceptors (Lipinski definition) is 4. The molecule has 0 spiro atoms. The maximum Gasteiger partial charge on any atom is 0.191 e. The van der Waals surface area contributed by atoms with Crippen LogP contribution in [-0.4, -0.2) is 20.8 Å². The van der Waals surface area contributed by atoms with Gasteiger partial charge in [0, 0.05) is 18.1 Å². The van der Waals surface area contributed by atoms with E-state index in [0.717, 1.165) is 21.6 Å². The van der Waals surface area contributed by atoms with E-state index in [1.165, 1.54) is 0 Å². The number of nitrogens with two attached hydrogens (primary N) is 1. The van der Waals surface area contributed by atoms with E-state index in [4.69, 9.17) is 17.3 Å². The van der Waals surface area contributed by atoms with E-state index < -0.39 is 0 Å². The van der Waals surface area contributed by atoms with Crippen LogP contribution in [0.4, 0.5) is 0 Å². The van der Waals surface area contributed by atoms with Crippen molar-refractivity contribution in [1.82, 2.24) is 14.8 Å². The Hall–Kier alpha value is -1.04. The zero-order valence-corrected chi connectivity index (χ0v) is 12.7. The third kappa shape index (κ3) is 3.29. The Bertz CT molecular complexity index is 550. The Morgan fingerprint density at radius 3 is 2.37 bits per heavy atom. The van der Waals surface area contributed by atoms with Crippen molar-refractivity contribution in [3.8, 4) is 0 Å². The predicted molar refractivity (Wildman–Crippen MR) is 79.4 cm³/mol. The first-order valence-electron chi connectivity index (χ1n) is 6.02. The molecule has 0 aliphatic carbocycles. The molecule has 0 fully saturated rings. The van der Waals surface area contributed by atoms with Gasteiger partial charge in [-0.2, -0.15) is 0 Å². The second-order valence-electron chi connectivity index (χ2n) is 4.54. The summed E-state index contributed by atoms with van der Waals surface area (Å²) in [6.07, 6.45) is 0. The van der Waals surface area contributed by atoms with Crippen molar-refractivity contribution in [1.29, 1.82) is 0 Å². The van der Waals surface area contributed by atoms with E-state index in [2.05, 4.69) is 10.2 Å². The van der Waals surface area contributed by atoms with E-state index in [0.29, 0.717) is 0 Å². The standard InChI is InChI=1S/C13H17ClN4S/c1-8(15)12(10-4-6-11(14)7-5-10)19-13-17-16-9(2)18(13)3/h4-8,12H,15H2,1-3H3. The van der Waals surface area contributed by atoms with E-state index >= 15 is 0 Å². The van der Waals surface area contributed by atoms with Crippen molar-refractivity contribution < 1.29 is 0 Å². The van der Waals surface area contributed by atoms with Crippen LogP contribution in [0.3, 0.4) is 0 Å². The lowest BCUT2D eigenvalue weighted by atomic mass is 10.1. The molecule has 0 bridgehead atoms. The molecule has 0 saturated heterocycles. The number of aryl methyl sites for hydroxylation is 1. The van der Waals surface area contributed by atoms with Crippen LogP contribution < -0.4 is 5.73 Å². The molecular weight excluding hydrogens is 280 g/mol. The summed E-state index contributed by atoms with van der Waals surface area (Å²) in [6, 6.07) is 7.78. The third-order valence-corrected chi connectivity index (χ3v) is 4.73. The van der Waals surface area contributed by atoms with Gasteiger partial charge in [0.1, 0.15) is 5.82 Å². The van der Waals surface area contributed by atoms with Gasteiger partial charge in [-0.3, -0.25) is 0 Å². The fourth-order valence-corrected chi connectivity index (χ4v) is 2.97. The lowest BCUT2D eigenvalue weighted by Gasteiger charge is -2.20. The van der Waals surface area contributed by atoms with E-state index in [9.17, 15) is 0 Å². The first-order chi connectivity index (χ1) is 8.99. The van der Waals surface area contributed by atoms with Crippen molar-refractivity contribution in [3.05, 3.63) is 40.7 Å². The molecule has 0 amide bonds. The van der Waals surface area contributed by atoms with Crippen molar-refractivity contribution in [2.45, 2.75) is 30.3 Å². The second kappa shape index (κ2) is 5.94. The number of halogens is 1. The first-order valence-corrected chi connectivity index (χ1v) is 7.28. The molecule has 0 aliphatic heterocycles. The zero-order chi connectivity index (χ0) is 14.0. The Balaban J connectivity index is 2.26. The minimum Gasteiger partial charge on any atom is -0.327 e. The van der Waals surface area contributed by atoms with Gasteiger partial charge in [-0.05, 0) is 31.5 Å². The van der Waals surface area contributed by atoms with Crippen LogP contribution >= 0.6 is 23.4 Å². The highest BCUT2D eigenvalue weighted by Gasteiger charge is 2.20. The highest BCUT2D eigenvalue weighted by atomic mass is 35.5. The Morgan fingerprint density at radius 2 is 1.89 bits per heavy atom. The van der Waals surface area contributed by atoms with Crippen molar-refractivity contribution in [3.63, 3.8) is 0 Å². The predicted octanol–water partition coefficient (Wildman–Crippen LogP) is 2.96. The van der Waals surface area contributed by atoms with Crippen molar-refractivity contribution in [2.75, 3.05) is 0 Å². The SMILES string of the molecule is Cc1nnc(SC(c2ccc(Cl)cc2)C(C)N)n1C. The lowest BCUT2D eigenvalue weighted by molar-refractivity contribution is 0.707. The van der Waals surface area contributed by atoms with Crippen LogP contribution in [-0.2, 0) is 7.05 Å². The number of hydrogen-bond donors (Lipinski definition) is 1. The monoisotopic (exact) mass is 296 g/mol. The number of thioether (sulfide) groups is 1. The summed E-state index contributed by atoms with van der Waals surface area (Å²) in [7, 11) is 1.96. The van der Waals surface area contributed by atoms with E-state index in [1.54, 1.807) is 11.8 Å². The summed E-state index contributed by atoms with van der Waals surface area (Å²) < 4.78 is 1.97. The maximum atomic E-state index is 6.10. The Morgan fingerprint density at radius 1 is 1.26 bits per heavy atom. The van der Waals surface area contributed by atoms with Crippen LogP contribution in [0.5, 0.6) is 0 Å². The molecule has 0 saturated carbocycles. The smallest absolute Gasteiger partial charge is 0.191 e. The molecule has 1 aromatic carbocycles. The van der Waals surface area contributed by atoms with Crippen LogP contribution in [0.15, 0.2) is 29.4 Å². The van der Waals surface area contributed by atoms with Gasteiger partial charge in [0.15, 0.2) is 5.16 Å². The van der Waals surface area contributed by atoms with Gasteiger partial charge in [0.25, 0.3) is 0 Å². The topological polar surface area (TPSA) is 56.7 Å². The van der Waals surface area contributed by atoms with Crippen LogP contribution in [0.25, 0.3) is 0 Å². The van der Waals surface area contributed by atoms with Gasteiger partial charge in [0.2, 0.25) is 0 Å². The molecule has 102 valence electrons. The minimum absolute atomic E-state index is 0.00295. The fraction of sp³-hybridized carbons (Fsp3) is 0.385. The van der Waals surface area contributed by atoms with Gasteiger partial charge < -0.3 is 10.3 Å². The number of rotatable bonds is 4. The molecule has 0 aliphatic rings. The summed E-state index contributed by atoms with van der Waals surface area (Å²) in [5.41, 5.74) is 7.24. The average molecular weight is 297 g/mol. The molecule has 1 aromatic heterocycles. The third-order valence-electron chi connectivity index (χ3n) is 2.96. The summed E-state index contributed by atoms with van der Waals surface area (Å²) in [6.45, 7) is 3.93. The molecule has 2 aromatic rings. The molecule has 2 unspecified atom stereocenters. The number of benzene rings is 1. The van der Waals surface area contributed by atoms with Gasteiger partial charge in [0.05, 0.1) is 5.25 Å². The Labute approximate surface area is 122 Å². The normalized spacial score (nSPS) is 14.4. The number of nitrogens with zero attached hydrogens (tertiary/aromatic N) is 3. The largest absolute Gasteiger partial charge is 0.327 e. The summed E-state index contributed by atoms with van der Waals surface area (Å²) in [4.78, 5) is 0. The highest BCUT2D eigenvalue weighted by Crippen LogP contribution is 2.36. The molecule has 19 heavy (non-hydrogen) atoms. The lowest BCUT2D eigenvalue weighted by Crippen LogP contribution is -2.23. The number of aromatic nitrogens is 3. The molecule has 2 N–H and O–H groups in total. The maximum absolute atomic E-state index is 6.10. The van der Waals surface area contributed by atoms with Gasteiger partial charge in [-0.15, -0.1) is 10.2 Å². The molecule has 0 radical (unpaired) electrons. The zero-order valence-electron chi connectivity index (χ0n) is 11.2. The van der Waals surface area contributed by atoms with Crippen LogP contribution in [0.1, 0.15) is 23.6 Å². The van der Waals surface area contributed by atoms with E-state index in [-0.39, 0.29) is 11.3 Å². The summed E-state index contributed by atoms with van der Waals surface area (Å²) >= 11 is 7.54. The van der Waals surface area contributed by atoms with Gasteiger partial charge >= 0.3 is 0 Å². The quantitative estimate of drug-likeness (QED) is 0.881. The molecule has 2 rings (SSSR count). The van der Waals surface area contributed by atoms with E-state index in [1.807, 2.05) is 49.7 Å². The first kappa shape index (κ1) is 14.4. The molecule has 1 heterocycles. The minimum atomic E-state index is 0.00295. The highest BCUT2D eigenvalue weighted by molar-refractivity contribution is 7.99. The molecular formula is C13H17ClN4S. The Kier molecular flexibility index (Phi) is 4.50. The molecule has 6 heteroatoms.